The molecule has 112 valence electrons. The molecule has 1 aromatic rings. The van der Waals surface area contributed by atoms with Crippen molar-refractivity contribution in [2.45, 2.75) is 26.8 Å². The van der Waals surface area contributed by atoms with Crippen LogP contribution < -0.4 is 5.32 Å². The Kier molecular flexibility index (Phi) is 7.10. The Morgan fingerprint density at radius 1 is 1.43 bits per heavy atom. The molecule has 21 heavy (non-hydrogen) atoms. The van der Waals surface area contributed by atoms with Gasteiger partial charge in [-0.05, 0) is 37.3 Å². The zero-order chi connectivity index (χ0) is 16.0. The highest BCUT2D eigenvalue weighted by atomic mass is 35.5. The molecule has 0 aliphatic rings. The Bertz CT molecular complexity index is 608. The molecule has 0 spiro atoms. The van der Waals surface area contributed by atoms with Crippen LogP contribution in [0.5, 0.6) is 0 Å². The topological polar surface area (TPSA) is 52.9 Å². The summed E-state index contributed by atoms with van der Waals surface area (Å²) in [5, 5.41) is 13.0. The molecule has 0 aromatic heterocycles. The third kappa shape index (κ3) is 4.96. The van der Waals surface area contributed by atoms with Gasteiger partial charge in [0.2, 0.25) is 5.12 Å². The molecule has 1 N–H and O–H groups in total. The molecule has 0 amide bonds. The third-order valence-corrected chi connectivity index (χ3v) is 4.34. The molecule has 0 radical (unpaired) electrons. The molecule has 0 saturated carbocycles. The fourth-order valence-electron chi connectivity index (χ4n) is 1.75. The normalized spacial score (nSPS) is 13.1. The molecule has 0 bridgehead atoms. The maximum absolute atomic E-state index is 11.8. The van der Waals surface area contributed by atoms with Crippen molar-refractivity contribution < 1.29 is 4.79 Å². The molecule has 3 nitrogen and oxygen atoms in total. The van der Waals surface area contributed by atoms with E-state index in [2.05, 4.69) is 5.32 Å². The van der Waals surface area contributed by atoms with Crippen LogP contribution in [-0.2, 0) is 4.79 Å². The van der Waals surface area contributed by atoms with Crippen molar-refractivity contribution in [3.63, 3.8) is 0 Å². The number of hydrogen-bond acceptors (Lipinski definition) is 4. The highest BCUT2D eigenvalue weighted by molar-refractivity contribution is 8.14. The number of carbonyl (C=O) groups excluding carboxylic acids is 1. The molecule has 0 aliphatic heterocycles. The van der Waals surface area contributed by atoms with Gasteiger partial charge in [0.15, 0.2) is 0 Å². The number of benzene rings is 1. The number of hydrogen-bond donors (Lipinski definition) is 1. The lowest BCUT2D eigenvalue weighted by Gasteiger charge is -2.17. The first kappa shape index (κ1) is 17.9. The van der Waals surface area contributed by atoms with Crippen molar-refractivity contribution in [2.75, 3.05) is 5.75 Å². The Morgan fingerprint density at radius 3 is 2.62 bits per heavy atom. The van der Waals surface area contributed by atoms with Crippen molar-refractivity contribution in [2.24, 2.45) is 0 Å². The van der Waals surface area contributed by atoms with Crippen molar-refractivity contribution >= 4 is 40.1 Å². The van der Waals surface area contributed by atoms with Crippen LogP contribution in [0.25, 0.3) is 0 Å². The summed E-state index contributed by atoms with van der Waals surface area (Å²) in [4.78, 5) is 11.8. The minimum absolute atomic E-state index is 0.0949. The lowest BCUT2D eigenvalue weighted by atomic mass is 10.1. The Labute approximate surface area is 139 Å². The average Bonchev–Trinajstić information content (AvgIpc) is 2.42. The van der Waals surface area contributed by atoms with Crippen LogP contribution in [0.4, 0.5) is 0 Å². The van der Waals surface area contributed by atoms with Gasteiger partial charge in [-0.15, -0.1) is 0 Å². The standard InChI is InChI=1S/C15H16Cl2N2OS/c1-4-21-15(20)12(8-18)10(3)19-9(2)11-5-6-13(16)14(17)7-11/h5-7,9,19H,4H2,1-3H3. The number of nitrogens with zero attached hydrogens (tertiary/aromatic N) is 1. The minimum Gasteiger partial charge on any atom is -0.381 e. The lowest BCUT2D eigenvalue weighted by molar-refractivity contribution is -0.107. The number of thioether (sulfide) groups is 1. The summed E-state index contributed by atoms with van der Waals surface area (Å²) in [6, 6.07) is 7.21. The minimum atomic E-state index is -0.216. The van der Waals surface area contributed by atoms with Gasteiger partial charge < -0.3 is 5.32 Å². The first-order chi connectivity index (χ1) is 9.90. The number of carbonyl (C=O) groups is 1. The van der Waals surface area contributed by atoms with Gasteiger partial charge in [0.1, 0.15) is 11.6 Å². The van der Waals surface area contributed by atoms with E-state index in [1.165, 1.54) is 0 Å². The van der Waals surface area contributed by atoms with Crippen LogP contribution in [0, 0.1) is 11.3 Å². The summed E-state index contributed by atoms with van der Waals surface area (Å²) in [5.41, 5.74) is 1.63. The van der Waals surface area contributed by atoms with E-state index in [9.17, 15) is 4.79 Å². The van der Waals surface area contributed by atoms with E-state index in [1.54, 1.807) is 19.1 Å². The largest absolute Gasteiger partial charge is 0.381 e. The molecule has 1 rings (SSSR count). The molecule has 1 atom stereocenters. The second-order valence-corrected chi connectivity index (χ2v) is 6.42. The van der Waals surface area contributed by atoms with E-state index in [1.807, 2.05) is 26.0 Å². The quantitative estimate of drug-likeness (QED) is 0.621. The number of halogens is 2. The van der Waals surface area contributed by atoms with Crippen LogP contribution in [0.3, 0.4) is 0 Å². The van der Waals surface area contributed by atoms with Gasteiger partial charge in [0.05, 0.1) is 10.0 Å². The Morgan fingerprint density at radius 2 is 2.10 bits per heavy atom. The van der Waals surface area contributed by atoms with Gasteiger partial charge in [0, 0.05) is 11.7 Å². The van der Waals surface area contributed by atoms with E-state index in [-0.39, 0.29) is 16.7 Å². The Hall–Kier alpha value is -1.15. The molecule has 0 aliphatic carbocycles. The molecule has 0 fully saturated rings. The summed E-state index contributed by atoms with van der Waals surface area (Å²) < 4.78 is 0. The van der Waals surface area contributed by atoms with Gasteiger partial charge in [0.25, 0.3) is 0 Å². The fraction of sp³-hybridized carbons (Fsp3) is 0.333. The lowest BCUT2D eigenvalue weighted by Crippen LogP contribution is -2.19. The predicted molar refractivity (Wildman–Crippen MR) is 89.5 cm³/mol. The summed E-state index contributed by atoms with van der Waals surface area (Å²) in [5.74, 6) is 0.639. The second-order valence-electron chi connectivity index (χ2n) is 4.37. The summed E-state index contributed by atoms with van der Waals surface area (Å²) in [6.07, 6.45) is 0. The van der Waals surface area contributed by atoms with E-state index in [4.69, 9.17) is 28.5 Å². The number of allylic oxidation sites excluding steroid dienone is 1. The highest BCUT2D eigenvalue weighted by Gasteiger charge is 2.15. The maximum atomic E-state index is 11.8. The fourth-order valence-corrected chi connectivity index (χ4v) is 2.66. The second kappa shape index (κ2) is 8.33. The van der Waals surface area contributed by atoms with Crippen LogP contribution in [0.1, 0.15) is 32.4 Å². The van der Waals surface area contributed by atoms with Gasteiger partial charge in [-0.1, -0.05) is 48.0 Å². The Balaban J connectivity index is 2.94. The van der Waals surface area contributed by atoms with Crippen molar-refractivity contribution in [3.05, 3.63) is 45.1 Å². The summed E-state index contributed by atoms with van der Waals surface area (Å²) >= 11 is 13.0. The van der Waals surface area contributed by atoms with E-state index < -0.39 is 0 Å². The van der Waals surface area contributed by atoms with Crippen molar-refractivity contribution in [3.8, 4) is 6.07 Å². The SMILES string of the molecule is CCSC(=O)C(C#N)=C(C)NC(C)c1ccc(Cl)c(Cl)c1. The monoisotopic (exact) mass is 342 g/mol. The molecular weight excluding hydrogens is 327 g/mol. The predicted octanol–water partition coefficient (Wildman–Crippen LogP) is 4.72. The van der Waals surface area contributed by atoms with Crippen LogP contribution >= 0.6 is 35.0 Å². The molecule has 0 saturated heterocycles. The van der Waals surface area contributed by atoms with E-state index in [0.29, 0.717) is 21.5 Å². The van der Waals surface area contributed by atoms with Crippen LogP contribution in [0.2, 0.25) is 10.0 Å². The smallest absolute Gasteiger partial charge is 0.231 e. The highest BCUT2D eigenvalue weighted by Crippen LogP contribution is 2.26. The van der Waals surface area contributed by atoms with Crippen molar-refractivity contribution in [1.29, 1.82) is 5.26 Å². The molecule has 0 heterocycles. The first-order valence-corrected chi connectivity index (χ1v) is 8.14. The number of nitrogens with one attached hydrogen (secondary N) is 1. The first-order valence-electron chi connectivity index (χ1n) is 6.40. The third-order valence-electron chi connectivity index (χ3n) is 2.84. The van der Waals surface area contributed by atoms with Gasteiger partial charge >= 0.3 is 0 Å². The van der Waals surface area contributed by atoms with Crippen LogP contribution in [-0.4, -0.2) is 10.9 Å². The van der Waals surface area contributed by atoms with E-state index >= 15 is 0 Å². The number of nitriles is 1. The molecule has 1 unspecified atom stereocenters. The zero-order valence-corrected chi connectivity index (χ0v) is 14.4. The van der Waals surface area contributed by atoms with Gasteiger partial charge in [-0.2, -0.15) is 5.26 Å². The van der Waals surface area contributed by atoms with Crippen LogP contribution in [0.15, 0.2) is 29.5 Å². The molecule has 1 aromatic carbocycles. The molecule has 6 heteroatoms. The average molecular weight is 343 g/mol. The summed E-state index contributed by atoms with van der Waals surface area (Å²) in [6.45, 7) is 5.52. The summed E-state index contributed by atoms with van der Waals surface area (Å²) in [7, 11) is 0. The number of rotatable bonds is 5. The van der Waals surface area contributed by atoms with Crippen molar-refractivity contribution in [1.82, 2.24) is 5.32 Å². The van der Waals surface area contributed by atoms with Gasteiger partial charge in [-0.3, -0.25) is 4.79 Å². The maximum Gasteiger partial charge on any atom is 0.231 e. The zero-order valence-electron chi connectivity index (χ0n) is 12.0. The van der Waals surface area contributed by atoms with Gasteiger partial charge in [-0.25, -0.2) is 0 Å². The van der Waals surface area contributed by atoms with E-state index in [0.717, 1.165) is 17.3 Å². The molecular formula is C15H16Cl2N2OS.